The van der Waals surface area contributed by atoms with Crippen molar-refractivity contribution in [2.45, 2.75) is 25.8 Å². The zero-order chi connectivity index (χ0) is 12.8. The van der Waals surface area contributed by atoms with E-state index in [1.54, 1.807) is 0 Å². The summed E-state index contributed by atoms with van der Waals surface area (Å²) in [6.07, 6.45) is 6.13. The van der Waals surface area contributed by atoms with Gasteiger partial charge in [-0.1, -0.05) is 6.92 Å². The van der Waals surface area contributed by atoms with Crippen molar-refractivity contribution in [2.24, 2.45) is 0 Å². The van der Waals surface area contributed by atoms with Crippen LogP contribution in [0.5, 0.6) is 0 Å². The van der Waals surface area contributed by atoms with Gasteiger partial charge in [-0.25, -0.2) is 8.78 Å². The minimum Gasteiger partial charge on any atom is -0.348 e. The molecule has 1 atom stereocenters. The average molecular weight is 237 g/mol. The SMILES string of the molecule is C#CCC(CC)NC(=O)c1cc(F)ccc1F. The molecule has 0 fully saturated rings. The topological polar surface area (TPSA) is 29.1 Å². The molecule has 2 nitrogen and oxygen atoms in total. The van der Waals surface area contributed by atoms with Crippen LogP contribution >= 0.6 is 0 Å². The lowest BCUT2D eigenvalue weighted by atomic mass is 10.1. The molecule has 0 saturated heterocycles. The van der Waals surface area contributed by atoms with Gasteiger partial charge in [0.05, 0.1) is 5.56 Å². The monoisotopic (exact) mass is 237 g/mol. The first-order valence-electron chi connectivity index (χ1n) is 5.27. The fourth-order valence-electron chi connectivity index (χ4n) is 1.37. The van der Waals surface area contributed by atoms with Gasteiger partial charge in [-0.15, -0.1) is 12.3 Å². The van der Waals surface area contributed by atoms with Crippen LogP contribution in [0.3, 0.4) is 0 Å². The van der Waals surface area contributed by atoms with Gasteiger partial charge < -0.3 is 5.32 Å². The van der Waals surface area contributed by atoms with Gasteiger partial charge in [0, 0.05) is 12.5 Å². The molecule has 0 bridgehead atoms. The Bertz CT molecular complexity index is 451. The number of hydrogen-bond acceptors (Lipinski definition) is 1. The third kappa shape index (κ3) is 3.56. The second-order valence-corrected chi connectivity index (χ2v) is 3.61. The number of halogens is 2. The molecule has 0 aliphatic heterocycles. The Morgan fingerprint density at radius 2 is 2.24 bits per heavy atom. The molecule has 0 spiro atoms. The molecule has 0 radical (unpaired) electrons. The zero-order valence-electron chi connectivity index (χ0n) is 9.47. The number of terminal acetylenes is 1. The molecule has 4 heteroatoms. The van der Waals surface area contributed by atoms with E-state index in [1.165, 1.54) is 0 Å². The Morgan fingerprint density at radius 3 is 2.82 bits per heavy atom. The summed E-state index contributed by atoms with van der Waals surface area (Å²) < 4.78 is 26.2. The van der Waals surface area contributed by atoms with Crippen LogP contribution in [0.4, 0.5) is 8.78 Å². The van der Waals surface area contributed by atoms with Crippen molar-refractivity contribution in [1.82, 2.24) is 5.32 Å². The van der Waals surface area contributed by atoms with E-state index < -0.39 is 17.5 Å². The van der Waals surface area contributed by atoms with Crippen molar-refractivity contribution in [3.63, 3.8) is 0 Å². The zero-order valence-corrected chi connectivity index (χ0v) is 9.47. The number of benzene rings is 1. The normalized spacial score (nSPS) is 11.6. The molecule has 0 aliphatic rings. The molecule has 1 amide bonds. The molecule has 1 aromatic carbocycles. The number of hydrogen-bond donors (Lipinski definition) is 1. The molecule has 1 aromatic rings. The number of amides is 1. The predicted molar refractivity (Wildman–Crippen MR) is 61.4 cm³/mol. The van der Waals surface area contributed by atoms with E-state index in [4.69, 9.17) is 6.42 Å². The third-order valence-corrected chi connectivity index (χ3v) is 2.37. The lowest BCUT2D eigenvalue weighted by molar-refractivity contribution is 0.0932. The summed E-state index contributed by atoms with van der Waals surface area (Å²) in [5, 5.41) is 2.56. The van der Waals surface area contributed by atoms with Gasteiger partial charge in [0.15, 0.2) is 0 Å². The number of carbonyl (C=O) groups is 1. The van der Waals surface area contributed by atoms with Crippen molar-refractivity contribution >= 4 is 5.91 Å². The summed E-state index contributed by atoms with van der Waals surface area (Å²) in [4.78, 5) is 11.7. The Morgan fingerprint density at radius 1 is 1.53 bits per heavy atom. The van der Waals surface area contributed by atoms with Gasteiger partial charge in [-0.3, -0.25) is 4.79 Å². The van der Waals surface area contributed by atoms with Crippen molar-refractivity contribution in [3.05, 3.63) is 35.4 Å². The summed E-state index contributed by atoms with van der Waals surface area (Å²) >= 11 is 0. The van der Waals surface area contributed by atoms with Gasteiger partial charge in [0.1, 0.15) is 11.6 Å². The molecule has 0 heterocycles. The first-order valence-corrected chi connectivity index (χ1v) is 5.27. The highest BCUT2D eigenvalue weighted by Crippen LogP contribution is 2.10. The van der Waals surface area contributed by atoms with E-state index in [2.05, 4.69) is 11.2 Å². The molecule has 1 N–H and O–H groups in total. The first kappa shape index (κ1) is 13.2. The third-order valence-electron chi connectivity index (χ3n) is 2.37. The smallest absolute Gasteiger partial charge is 0.254 e. The van der Waals surface area contributed by atoms with Crippen molar-refractivity contribution < 1.29 is 13.6 Å². The second-order valence-electron chi connectivity index (χ2n) is 3.61. The number of nitrogens with one attached hydrogen (secondary N) is 1. The summed E-state index contributed by atoms with van der Waals surface area (Å²) in [7, 11) is 0. The van der Waals surface area contributed by atoms with Gasteiger partial charge >= 0.3 is 0 Å². The molecule has 1 rings (SSSR count). The molecule has 0 aliphatic carbocycles. The fourth-order valence-corrected chi connectivity index (χ4v) is 1.37. The van der Waals surface area contributed by atoms with Gasteiger partial charge in [-0.2, -0.15) is 0 Å². The van der Waals surface area contributed by atoms with E-state index in [0.29, 0.717) is 12.8 Å². The van der Waals surface area contributed by atoms with E-state index in [-0.39, 0.29) is 11.6 Å². The van der Waals surface area contributed by atoms with Gasteiger partial charge in [0.2, 0.25) is 0 Å². The average Bonchev–Trinajstić information content (AvgIpc) is 2.31. The van der Waals surface area contributed by atoms with E-state index >= 15 is 0 Å². The van der Waals surface area contributed by atoms with Crippen LogP contribution in [-0.2, 0) is 0 Å². The fraction of sp³-hybridized carbons (Fsp3) is 0.308. The van der Waals surface area contributed by atoms with Crippen LogP contribution in [-0.4, -0.2) is 11.9 Å². The highest BCUT2D eigenvalue weighted by molar-refractivity contribution is 5.94. The highest BCUT2D eigenvalue weighted by Gasteiger charge is 2.15. The number of rotatable bonds is 4. The maximum atomic E-state index is 13.3. The number of carbonyl (C=O) groups excluding carboxylic acids is 1. The van der Waals surface area contributed by atoms with Crippen LogP contribution in [0.15, 0.2) is 18.2 Å². The Labute approximate surface area is 99.0 Å². The summed E-state index contributed by atoms with van der Waals surface area (Å²) in [5.74, 6) is 0.368. The molecule has 0 aromatic heterocycles. The standard InChI is InChI=1S/C13H13F2NO/c1-3-5-10(4-2)16-13(17)11-8-9(14)6-7-12(11)15/h1,6-8,10H,4-5H2,2H3,(H,16,17). The molecule has 90 valence electrons. The molecular formula is C13H13F2NO. The van der Waals surface area contributed by atoms with E-state index in [9.17, 15) is 13.6 Å². The first-order chi connectivity index (χ1) is 8.08. The van der Waals surface area contributed by atoms with Gasteiger partial charge in [0.25, 0.3) is 5.91 Å². The van der Waals surface area contributed by atoms with E-state index in [1.807, 2.05) is 6.92 Å². The van der Waals surface area contributed by atoms with Crippen molar-refractivity contribution in [3.8, 4) is 12.3 Å². The molecular weight excluding hydrogens is 224 g/mol. The minimum absolute atomic E-state index is 0.227. The van der Waals surface area contributed by atoms with Crippen LogP contribution < -0.4 is 5.32 Å². The second kappa shape index (κ2) is 6.00. The highest BCUT2D eigenvalue weighted by atomic mass is 19.1. The molecule has 17 heavy (non-hydrogen) atoms. The Balaban J connectivity index is 2.82. The lowest BCUT2D eigenvalue weighted by Crippen LogP contribution is -2.34. The van der Waals surface area contributed by atoms with Crippen LogP contribution in [0.2, 0.25) is 0 Å². The summed E-state index contributed by atoms with van der Waals surface area (Å²) in [5.41, 5.74) is -0.305. The molecule has 0 saturated carbocycles. The quantitative estimate of drug-likeness (QED) is 0.801. The Kier molecular flexibility index (Phi) is 4.65. The minimum atomic E-state index is -0.750. The summed E-state index contributed by atoms with van der Waals surface area (Å²) in [6, 6.07) is 2.53. The molecule has 1 unspecified atom stereocenters. The van der Waals surface area contributed by atoms with Crippen LogP contribution in [0, 0.1) is 24.0 Å². The van der Waals surface area contributed by atoms with E-state index in [0.717, 1.165) is 18.2 Å². The predicted octanol–water partition coefficient (Wildman–Crippen LogP) is 2.50. The van der Waals surface area contributed by atoms with Gasteiger partial charge in [-0.05, 0) is 24.6 Å². The lowest BCUT2D eigenvalue weighted by Gasteiger charge is -2.14. The maximum absolute atomic E-state index is 13.3. The largest absolute Gasteiger partial charge is 0.348 e. The Hall–Kier alpha value is -1.89. The van der Waals surface area contributed by atoms with Crippen molar-refractivity contribution in [1.29, 1.82) is 0 Å². The van der Waals surface area contributed by atoms with Crippen LogP contribution in [0.1, 0.15) is 30.1 Å². The van der Waals surface area contributed by atoms with Crippen molar-refractivity contribution in [2.75, 3.05) is 0 Å². The summed E-state index contributed by atoms with van der Waals surface area (Å²) in [6.45, 7) is 1.85. The maximum Gasteiger partial charge on any atom is 0.254 e. The van der Waals surface area contributed by atoms with Crippen LogP contribution in [0.25, 0.3) is 0 Å².